The lowest BCUT2D eigenvalue weighted by Gasteiger charge is -2.26. The van der Waals surface area contributed by atoms with Gasteiger partial charge in [0.25, 0.3) is 0 Å². The average molecular weight is 478 g/mol. The fourth-order valence-corrected chi connectivity index (χ4v) is 5.49. The molecule has 2 aromatic heterocycles. The van der Waals surface area contributed by atoms with Crippen LogP contribution in [-0.4, -0.2) is 52.3 Å². The third kappa shape index (κ3) is 4.49. The standard InChI is InChI=1S/C28H32FN3OS/c1-34(2,3)14-13-33-20-32-12-11-25-26(30-19-31-27(25)32)21-9-6-10-24(15-21)28(18-29)16-22-7-4-5-8-23(22)17-28/h4-12,15,19H,13-14,16-18,20H2,1-3H3. The van der Waals surface area contributed by atoms with E-state index >= 15 is 0 Å². The van der Waals surface area contributed by atoms with Crippen molar-refractivity contribution in [3.8, 4) is 11.3 Å². The molecular weight excluding hydrogens is 445 g/mol. The molecule has 34 heavy (non-hydrogen) atoms. The zero-order valence-corrected chi connectivity index (χ0v) is 20.9. The highest BCUT2D eigenvalue weighted by molar-refractivity contribution is 8.32. The van der Waals surface area contributed by atoms with Crippen LogP contribution in [0.2, 0.25) is 0 Å². The molecule has 4 nitrogen and oxygen atoms in total. The second-order valence-corrected chi connectivity index (χ2v) is 14.8. The number of hydrogen-bond acceptors (Lipinski definition) is 3. The zero-order chi connectivity index (χ0) is 23.8. The van der Waals surface area contributed by atoms with Gasteiger partial charge < -0.3 is 9.30 Å². The lowest BCUT2D eigenvalue weighted by molar-refractivity contribution is 0.0923. The molecule has 0 unspecified atom stereocenters. The van der Waals surface area contributed by atoms with E-state index in [4.69, 9.17) is 4.74 Å². The maximum absolute atomic E-state index is 14.6. The number of ether oxygens (including phenoxy) is 1. The van der Waals surface area contributed by atoms with Gasteiger partial charge in [-0.05, 0) is 60.4 Å². The van der Waals surface area contributed by atoms with E-state index < -0.39 is 15.4 Å². The first-order valence-electron chi connectivity index (χ1n) is 11.7. The topological polar surface area (TPSA) is 39.9 Å². The van der Waals surface area contributed by atoms with Crippen LogP contribution in [-0.2, 0) is 29.7 Å². The average Bonchev–Trinajstić information content (AvgIpc) is 3.43. The molecule has 0 saturated carbocycles. The molecule has 0 spiro atoms. The molecule has 0 aliphatic heterocycles. The van der Waals surface area contributed by atoms with Crippen molar-refractivity contribution in [2.75, 3.05) is 37.8 Å². The normalized spacial score (nSPS) is 15.5. The van der Waals surface area contributed by atoms with Gasteiger partial charge in [-0.1, -0.05) is 42.5 Å². The van der Waals surface area contributed by atoms with Crippen molar-refractivity contribution in [1.29, 1.82) is 0 Å². The van der Waals surface area contributed by atoms with Crippen LogP contribution in [0, 0.1) is 0 Å². The third-order valence-corrected chi connectivity index (χ3v) is 8.20. The highest BCUT2D eigenvalue weighted by Crippen LogP contribution is 2.41. The number of alkyl halides is 1. The fourth-order valence-electron chi connectivity index (χ4n) is 4.88. The van der Waals surface area contributed by atoms with Gasteiger partial charge in [0.1, 0.15) is 18.7 Å². The molecule has 0 atom stereocenters. The highest BCUT2D eigenvalue weighted by atomic mass is 32.3. The van der Waals surface area contributed by atoms with Gasteiger partial charge in [-0.3, -0.25) is 4.39 Å². The predicted octanol–water partition coefficient (Wildman–Crippen LogP) is 5.77. The molecular formula is C28H32FN3OS. The Labute approximate surface area is 202 Å². The van der Waals surface area contributed by atoms with E-state index in [1.807, 2.05) is 35.0 Å². The third-order valence-electron chi connectivity index (χ3n) is 6.81. The van der Waals surface area contributed by atoms with Crippen molar-refractivity contribution in [1.82, 2.24) is 14.5 Å². The summed E-state index contributed by atoms with van der Waals surface area (Å²) in [6.45, 7) is 0.833. The fraction of sp³-hybridized carbons (Fsp3) is 0.357. The van der Waals surface area contributed by atoms with E-state index in [1.165, 1.54) is 11.1 Å². The summed E-state index contributed by atoms with van der Waals surface area (Å²) >= 11 is 0. The molecule has 0 bridgehead atoms. The Morgan fingerprint density at radius 2 is 1.76 bits per heavy atom. The molecule has 2 heterocycles. The van der Waals surface area contributed by atoms with Gasteiger partial charge in [-0.25, -0.2) is 20.0 Å². The van der Waals surface area contributed by atoms with Crippen molar-refractivity contribution >= 4 is 21.1 Å². The van der Waals surface area contributed by atoms with Gasteiger partial charge in [-0.15, -0.1) is 0 Å². The number of nitrogens with zero attached hydrogens (tertiary/aromatic N) is 3. The van der Waals surface area contributed by atoms with E-state index in [2.05, 4.69) is 59.1 Å². The number of hydrogen-bond donors (Lipinski definition) is 0. The van der Waals surface area contributed by atoms with Crippen LogP contribution in [0.5, 0.6) is 0 Å². The van der Waals surface area contributed by atoms with Gasteiger partial charge >= 0.3 is 0 Å². The zero-order valence-electron chi connectivity index (χ0n) is 20.1. The first kappa shape index (κ1) is 23.1. The molecule has 0 saturated heterocycles. The predicted molar refractivity (Wildman–Crippen MR) is 141 cm³/mol. The smallest absolute Gasteiger partial charge is 0.145 e. The summed E-state index contributed by atoms with van der Waals surface area (Å²) in [4.78, 5) is 9.15. The lowest BCUT2D eigenvalue weighted by Crippen LogP contribution is -2.29. The molecule has 5 rings (SSSR count). The maximum Gasteiger partial charge on any atom is 0.145 e. The molecule has 0 radical (unpaired) electrons. The summed E-state index contributed by atoms with van der Waals surface area (Å²) in [6.07, 6.45) is 12.0. The van der Waals surface area contributed by atoms with Crippen LogP contribution in [0.25, 0.3) is 22.3 Å². The van der Waals surface area contributed by atoms with Crippen LogP contribution in [0.4, 0.5) is 4.39 Å². The van der Waals surface area contributed by atoms with Crippen molar-refractivity contribution in [2.45, 2.75) is 25.0 Å². The van der Waals surface area contributed by atoms with E-state index in [0.29, 0.717) is 6.73 Å². The van der Waals surface area contributed by atoms with Crippen LogP contribution >= 0.6 is 10.0 Å². The van der Waals surface area contributed by atoms with Crippen molar-refractivity contribution in [2.24, 2.45) is 0 Å². The van der Waals surface area contributed by atoms with Crippen molar-refractivity contribution in [3.63, 3.8) is 0 Å². The van der Waals surface area contributed by atoms with E-state index in [1.54, 1.807) is 6.33 Å². The minimum Gasteiger partial charge on any atom is -0.360 e. The molecule has 1 aliphatic rings. The largest absolute Gasteiger partial charge is 0.360 e. The summed E-state index contributed by atoms with van der Waals surface area (Å²) in [6, 6.07) is 18.6. The highest BCUT2D eigenvalue weighted by Gasteiger charge is 2.39. The molecule has 4 aromatic rings. The Morgan fingerprint density at radius 1 is 1.00 bits per heavy atom. The summed E-state index contributed by atoms with van der Waals surface area (Å²) in [7, 11) is -0.573. The van der Waals surface area contributed by atoms with E-state index in [0.717, 1.165) is 53.1 Å². The number of aromatic nitrogens is 3. The van der Waals surface area contributed by atoms with Gasteiger partial charge in [0, 0.05) is 28.3 Å². The van der Waals surface area contributed by atoms with Crippen LogP contribution in [0.1, 0.15) is 16.7 Å². The quantitative estimate of drug-likeness (QED) is 0.302. The second kappa shape index (κ2) is 9.16. The Morgan fingerprint density at radius 3 is 2.47 bits per heavy atom. The lowest BCUT2D eigenvalue weighted by atomic mass is 9.78. The molecule has 2 aromatic carbocycles. The van der Waals surface area contributed by atoms with Crippen LogP contribution in [0.15, 0.2) is 67.1 Å². The number of halogens is 1. The molecule has 0 N–H and O–H groups in total. The molecule has 0 fully saturated rings. The summed E-state index contributed by atoms with van der Waals surface area (Å²) in [5.74, 6) is 1.08. The van der Waals surface area contributed by atoms with Crippen LogP contribution < -0.4 is 0 Å². The minimum absolute atomic E-state index is 0.381. The molecule has 6 heteroatoms. The molecule has 0 amide bonds. The Hall–Kier alpha value is -2.70. The Balaban J connectivity index is 1.43. The van der Waals surface area contributed by atoms with E-state index in [9.17, 15) is 4.39 Å². The summed E-state index contributed by atoms with van der Waals surface area (Å²) in [5, 5.41) is 0.980. The summed E-state index contributed by atoms with van der Waals surface area (Å²) < 4.78 is 22.5. The van der Waals surface area contributed by atoms with Gasteiger partial charge in [0.15, 0.2) is 0 Å². The van der Waals surface area contributed by atoms with E-state index in [-0.39, 0.29) is 6.67 Å². The number of benzene rings is 2. The molecule has 1 aliphatic carbocycles. The number of rotatable bonds is 8. The van der Waals surface area contributed by atoms with Crippen molar-refractivity contribution in [3.05, 3.63) is 83.8 Å². The molecule has 178 valence electrons. The monoisotopic (exact) mass is 477 g/mol. The first-order chi connectivity index (χ1) is 16.4. The summed E-state index contributed by atoms with van der Waals surface area (Å²) in [5.41, 5.74) is 5.73. The minimum atomic E-state index is -0.573. The van der Waals surface area contributed by atoms with Crippen LogP contribution in [0.3, 0.4) is 0 Å². The first-order valence-corrected chi connectivity index (χ1v) is 14.7. The Kier molecular flexibility index (Phi) is 6.21. The maximum atomic E-state index is 14.6. The van der Waals surface area contributed by atoms with Gasteiger partial charge in [0.2, 0.25) is 0 Å². The van der Waals surface area contributed by atoms with Gasteiger partial charge in [-0.2, -0.15) is 0 Å². The van der Waals surface area contributed by atoms with Gasteiger partial charge in [0.05, 0.1) is 19.0 Å². The Bertz CT molecular complexity index is 1290. The van der Waals surface area contributed by atoms with Crippen molar-refractivity contribution < 1.29 is 9.13 Å². The number of fused-ring (bicyclic) bond motifs is 2. The SMILES string of the molecule is CS(C)(C)CCOCn1ccc2c(-c3cccc(C4(CF)Cc5ccccc5C4)c3)ncnc21. The second-order valence-electron chi connectivity index (χ2n) is 10.2.